The summed E-state index contributed by atoms with van der Waals surface area (Å²) in [7, 11) is 2.16. The van der Waals surface area contributed by atoms with Gasteiger partial charge in [0.2, 0.25) is 0 Å². The molecule has 0 spiro atoms. The minimum atomic E-state index is -0.671. The third-order valence-corrected chi connectivity index (χ3v) is 5.47. The van der Waals surface area contributed by atoms with Crippen molar-refractivity contribution in [2.75, 3.05) is 26.8 Å². The molecule has 3 aliphatic rings. The van der Waals surface area contributed by atoms with E-state index in [0.717, 1.165) is 64.7 Å². The number of aliphatic carboxylic acids is 1. The zero-order chi connectivity index (χ0) is 14.9. The zero-order valence-corrected chi connectivity index (χ0v) is 13.0. The Labute approximate surface area is 127 Å². The van der Waals surface area contributed by atoms with Gasteiger partial charge in [-0.15, -0.1) is 0 Å². The van der Waals surface area contributed by atoms with Crippen molar-refractivity contribution in [1.29, 1.82) is 0 Å². The Kier molecular flexibility index (Phi) is 4.52. The van der Waals surface area contributed by atoms with E-state index in [0.29, 0.717) is 18.0 Å². The fraction of sp³-hybridized carbons (Fsp3) is 0.938. The van der Waals surface area contributed by atoms with Crippen molar-refractivity contribution < 1.29 is 14.6 Å². The number of carboxylic acid groups (broad SMARTS) is 1. The van der Waals surface area contributed by atoms with Crippen LogP contribution in [0.25, 0.3) is 0 Å². The predicted molar refractivity (Wildman–Crippen MR) is 80.3 cm³/mol. The number of hydrogen-bond acceptors (Lipinski definition) is 4. The largest absolute Gasteiger partial charge is 0.480 e. The monoisotopic (exact) mass is 296 g/mol. The Balaban J connectivity index is 1.55. The van der Waals surface area contributed by atoms with Crippen LogP contribution in [-0.2, 0) is 9.53 Å². The van der Waals surface area contributed by atoms with Gasteiger partial charge >= 0.3 is 5.97 Å². The molecule has 1 aliphatic heterocycles. The average Bonchev–Trinajstić information content (AvgIpc) is 3.16. The molecule has 0 aromatic rings. The highest BCUT2D eigenvalue weighted by atomic mass is 16.5. The van der Waals surface area contributed by atoms with Gasteiger partial charge in [-0.3, -0.25) is 10.1 Å². The van der Waals surface area contributed by atoms with E-state index in [2.05, 4.69) is 17.3 Å². The highest BCUT2D eigenvalue weighted by molar-refractivity contribution is 5.79. The van der Waals surface area contributed by atoms with Crippen molar-refractivity contribution in [1.82, 2.24) is 10.2 Å². The maximum absolute atomic E-state index is 11.7. The molecule has 0 aromatic carbocycles. The molecule has 0 radical (unpaired) electrons. The van der Waals surface area contributed by atoms with E-state index in [9.17, 15) is 9.90 Å². The number of hydrogen-bond donors (Lipinski definition) is 2. The minimum absolute atomic E-state index is 0.398. The molecule has 0 aromatic heterocycles. The smallest absolute Gasteiger partial charge is 0.323 e. The molecule has 2 N–H and O–H groups in total. The van der Waals surface area contributed by atoms with Crippen LogP contribution in [0.2, 0.25) is 0 Å². The van der Waals surface area contributed by atoms with Crippen LogP contribution in [-0.4, -0.2) is 60.4 Å². The molecule has 0 amide bonds. The highest BCUT2D eigenvalue weighted by Crippen LogP contribution is 2.36. The van der Waals surface area contributed by atoms with Crippen LogP contribution in [0.1, 0.15) is 44.9 Å². The van der Waals surface area contributed by atoms with Crippen LogP contribution in [0.4, 0.5) is 0 Å². The lowest BCUT2D eigenvalue weighted by Crippen LogP contribution is -2.52. The Morgan fingerprint density at radius 2 is 2.00 bits per heavy atom. The van der Waals surface area contributed by atoms with Gasteiger partial charge < -0.3 is 14.7 Å². The van der Waals surface area contributed by atoms with Crippen molar-refractivity contribution in [3.8, 4) is 0 Å². The predicted octanol–water partition coefficient (Wildman–Crippen LogP) is 1.47. The van der Waals surface area contributed by atoms with Crippen LogP contribution in [0.15, 0.2) is 0 Å². The molecule has 3 rings (SSSR count). The number of carbonyl (C=O) groups is 1. The van der Waals surface area contributed by atoms with Gasteiger partial charge in [0.15, 0.2) is 0 Å². The topological polar surface area (TPSA) is 61.8 Å². The highest BCUT2D eigenvalue weighted by Gasteiger charge is 2.49. The molecule has 5 nitrogen and oxygen atoms in total. The van der Waals surface area contributed by atoms with Crippen molar-refractivity contribution >= 4 is 5.97 Å². The van der Waals surface area contributed by atoms with Gasteiger partial charge in [-0.1, -0.05) is 0 Å². The summed E-state index contributed by atoms with van der Waals surface area (Å²) >= 11 is 0. The van der Waals surface area contributed by atoms with Gasteiger partial charge in [-0.05, 0) is 57.9 Å². The van der Waals surface area contributed by atoms with Gasteiger partial charge in [0.1, 0.15) is 5.54 Å². The normalized spacial score (nSPS) is 34.5. The molecular formula is C16H28N2O3. The van der Waals surface area contributed by atoms with Gasteiger partial charge in [0.25, 0.3) is 0 Å². The average molecular weight is 296 g/mol. The van der Waals surface area contributed by atoms with Crippen LogP contribution in [0.3, 0.4) is 0 Å². The summed E-state index contributed by atoms with van der Waals surface area (Å²) in [5.41, 5.74) is -0.671. The van der Waals surface area contributed by atoms with Gasteiger partial charge in [-0.2, -0.15) is 0 Å². The molecule has 2 unspecified atom stereocenters. The van der Waals surface area contributed by atoms with Crippen LogP contribution in [0, 0.1) is 5.92 Å². The lowest BCUT2D eigenvalue weighted by molar-refractivity contribution is -0.145. The van der Waals surface area contributed by atoms with E-state index in [1.165, 1.54) is 0 Å². The second-order valence-corrected chi connectivity index (χ2v) is 7.20. The molecule has 2 atom stereocenters. The summed E-state index contributed by atoms with van der Waals surface area (Å²) in [5, 5.41) is 13.1. The van der Waals surface area contributed by atoms with Crippen molar-refractivity contribution in [3.63, 3.8) is 0 Å². The third-order valence-electron chi connectivity index (χ3n) is 5.47. The molecule has 1 saturated heterocycles. The quantitative estimate of drug-likeness (QED) is 0.777. The first-order valence-electron chi connectivity index (χ1n) is 8.38. The SMILES string of the molecule is CN(CC1CCOCC1)C1CCC(NC2CC2)(C(=O)O)C1. The Morgan fingerprint density at radius 3 is 2.62 bits per heavy atom. The van der Waals surface area contributed by atoms with Gasteiger partial charge in [0, 0.05) is 31.8 Å². The Bertz CT molecular complexity index is 380. The first-order valence-corrected chi connectivity index (χ1v) is 8.38. The Morgan fingerprint density at radius 1 is 1.29 bits per heavy atom. The van der Waals surface area contributed by atoms with Gasteiger partial charge in [0.05, 0.1) is 0 Å². The summed E-state index contributed by atoms with van der Waals surface area (Å²) in [6, 6.07) is 0.843. The van der Waals surface area contributed by atoms with Gasteiger partial charge in [-0.25, -0.2) is 0 Å². The number of rotatable bonds is 6. The van der Waals surface area contributed by atoms with Crippen LogP contribution in [0.5, 0.6) is 0 Å². The lowest BCUT2D eigenvalue weighted by atomic mass is 9.96. The second kappa shape index (κ2) is 6.23. The second-order valence-electron chi connectivity index (χ2n) is 7.20. The summed E-state index contributed by atoms with van der Waals surface area (Å²) < 4.78 is 5.42. The molecule has 5 heteroatoms. The van der Waals surface area contributed by atoms with Crippen LogP contribution < -0.4 is 5.32 Å². The number of nitrogens with one attached hydrogen (secondary N) is 1. The molecule has 1 heterocycles. The third kappa shape index (κ3) is 3.58. The van der Waals surface area contributed by atoms with Crippen molar-refractivity contribution in [2.45, 2.75) is 62.6 Å². The van der Waals surface area contributed by atoms with Crippen LogP contribution >= 0.6 is 0 Å². The number of nitrogens with zero attached hydrogens (tertiary/aromatic N) is 1. The number of carboxylic acids is 1. The Hall–Kier alpha value is -0.650. The molecule has 3 fully saturated rings. The summed E-state index contributed by atoms with van der Waals surface area (Å²) in [5.74, 6) is 0.0522. The minimum Gasteiger partial charge on any atom is -0.480 e. The number of ether oxygens (including phenoxy) is 1. The van der Waals surface area contributed by atoms with E-state index in [4.69, 9.17) is 4.74 Å². The molecule has 2 saturated carbocycles. The zero-order valence-electron chi connectivity index (χ0n) is 13.0. The van der Waals surface area contributed by atoms with Crippen molar-refractivity contribution in [2.24, 2.45) is 5.92 Å². The molecule has 120 valence electrons. The molecule has 2 aliphatic carbocycles. The molecule has 21 heavy (non-hydrogen) atoms. The summed E-state index contributed by atoms with van der Waals surface area (Å²) in [6.45, 7) is 2.84. The first kappa shape index (κ1) is 15.3. The first-order chi connectivity index (χ1) is 10.1. The van der Waals surface area contributed by atoms with E-state index in [1.54, 1.807) is 0 Å². The summed E-state index contributed by atoms with van der Waals surface area (Å²) in [4.78, 5) is 14.1. The summed E-state index contributed by atoms with van der Waals surface area (Å²) in [6.07, 6.45) is 7.06. The fourth-order valence-corrected chi connectivity index (χ4v) is 3.89. The lowest BCUT2D eigenvalue weighted by Gasteiger charge is -2.32. The van der Waals surface area contributed by atoms with E-state index in [-0.39, 0.29) is 0 Å². The molecular weight excluding hydrogens is 268 g/mol. The maximum atomic E-state index is 11.7. The van der Waals surface area contributed by atoms with E-state index >= 15 is 0 Å². The van der Waals surface area contributed by atoms with E-state index in [1.807, 2.05) is 0 Å². The van der Waals surface area contributed by atoms with Crippen molar-refractivity contribution in [3.05, 3.63) is 0 Å². The molecule has 0 bridgehead atoms. The maximum Gasteiger partial charge on any atom is 0.323 e. The van der Waals surface area contributed by atoms with E-state index < -0.39 is 11.5 Å². The fourth-order valence-electron chi connectivity index (χ4n) is 3.89. The standard InChI is InChI=1S/C16H28N2O3/c1-18(11-12-5-8-21-9-6-12)14-4-7-16(10-14,15(19)20)17-13-2-3-13/h12-14,17H,2-11H2,1H3,(H,19,20).